The molecule has 0 spiro atoms. The minimum atomic E-state index is 0.117. The van der Waals surface area contributed by atoms with Crippen LogP contribution in [0.1, 0.15) is 33.6 Å². The first-order valence-corrected chi connectivity index (χ1v) is 8.07. The Labute approximate surface area is 136 Å². The molecule has 0 bridgehead atoms. The third-order valence-corrected chi connectivity index (χ3v) is 3.92. The van der Waals surface area contributed by atoms with Crippen LogP contribution in [-0.2, 0) is 4.74 Å². The Hall–Kier alpha value is -0.480. The SMILES string of the molecule is CC(C)(C)NCC1CCC(COc2cc(Cl)ccc2Cl)O1. The average molecular weight is 332 g/mol. The second kappa shape index (κ2) is 7.19. The molecule has 0 aromatic heterocycles. The lowest BCUT2D eigenvalue weighted by Gasteiger charge is -2.23. The van der Waals surface area contributed by atoms with Crippen molar-refractivity contribution in [2.45, 2.75) is 51.4 Å². The molecule has 1 fully saturated rings. The molecular weight excluding hydrogens is 309 g/mol. The maximum Gasteiger partial charge on any atom is 0.139 e. The largest absolute Gasteiger partial charge is 0.489 e. The summed E-state index contributed by atoms with van der Waals surface area (Å²) >= 11 is 12.0. The van der Waals surface area contributed by atoms with Crippen molar-refractivity contribution in [2.75, 3.05) is 13.2 Å². The molecule has 1 aromatic carbocycles. The Morgan fingerprint density at radius 3 is 2.67 bits per heavy atom. The van der Waals surface area contributed by atoms with Crippen molar-refractivity contribution in [3.63, 3.8) is 0 Å². The lowest BCUT2D eigenvalue weighted by molar-refractivity contribution is 0.0162. The lowest BCUT2D eigenvalue weighted by Crippen LogP contribution is -2.41. The predicted octanol–water partition coefficient (Wildman–Crippen LogP) is 4.31. The van der Waals surface area contributed by atoms with Crippen LogP contribution in [0.15, 0.2) is 18.2 Å². The Morgan fingerprint density at radius 1 is 1.24 bits per heavy atom. The number of rotatable bonds is 5. The van der Waals surface area contributed by atoms with E-state index in [1.165, 1.54) is 0 Å². The molecular formula is C16H23Cl2NO2. The van der Waals surface area contributed by atoms with E-state index in [4.69, 9.17) is 32.7 Å². The topological polar surface area (TPSA) is 30.5 Å². The highest BCUT2D eigenvalue weighted by Gasteiger charge is 2.26. The number of benzene rings is 1. The van der Waals surface area contributed by atoms with E-state index in [1.807, 2.05) is 0 Å². The number of halogens is 2. The molecule has 2 rings (SSSR count). The summed E-state index contributed by atoms with van der Waals surface area (Å²) in [6.45, 7) is 7.85. The van der Waals surface area contributed by atoms with Gasteiger partial charge in [-0.1, -0.05) is 23.2 Å². The summed E-state index contributed by atoms with van der Waals surface area (Å²) in [6.07, 6.45) is 2.44. The Morgan fingerprint density at radius 2 is 1.95 bits per heavy atom. The number of hydrogen-bond donors (Lipinski definition) is 1. The summed E-state index contributed by atoms with van der Waals surface area (Å²) in [4.78, 5) is 0. The highest BCUT2D eigenvalue weighted by molar-refractivity contribution is 6.34. The Bertz CT molecular complexity index is 474. The van der Waals surface area contributed by atoms with Gasteiger partial charge in [-0.15, -0.1) is 0 Å². The van der Waals surface area contributed by atoms with E-state index in [-0.39, 0.29) is 17.7 Å². The standard InChI is InChI=1S/C16H23Cl2NO2/c1-16(2,3)19-9-12-5-6-13(21-12)10-20-15-8-11(17)4-7-14(15)18/h4,7-8,12-13,19H,5-6,9-10H2,1-3H3. The van der Waals surface area contributed by atoms with Gasteiger partial charge in [0.2, 0.25) is 0 Å². The van der Waals surface area contributed by atoms with E-state index in [9.17, 15) is 0 Å². The summed E-state index contributed by atoms with van der Waals surface area (Å²) in [6, 6.07) is 5.22. The first-order chi connectivity index (χ1) is 9.83. The molecule has 1 aromatic rings. The monoisotopic (exact) mass is 331 g/mol. The van der Waals surface area contributed by atoms with Gasteiger partial charge in [-0.3, -0.25) is 0 Å². The molecule has 5 heteroatoms. The van der Waals surface area contributed by atoms with Crippen LogP contribution in [0.4, 0.5) is 0 Å². The molecule has 21 heavy (non-hydrogen) atoms. The van der Waals surface area contributed by atoms with Crippen molar-refractivity contribution in [1.29, 1.82) is 0 Å². The van der Waals surface area contributed by atoms with Gasteiger partial charge in [-0.05, 0) is 45.7 Å². The van der Waals surface area contributed by atoms with Crippen molar-refractivity contribution in [2.24, 2.45) is 0 Å². The Balaban J connectivity index is 1.76. The third kappa shape index (κ3) is 5.67. The predicted molar refractivity (Wildman–Crippen MR) is 87.6 cm³/mol. The second-order valence-corrected chi connectivity index (χ2v) is 7.32. The zero-order valence-corrected chi connectivity index (χ0v) is 14.3. The lowest BCUT2D eigenvalue weighted by atomic mass is 10.1. The molecule has 2 unspecified atom stereocenters. The van der Waals surface area contributed by atoms with Gasteiger partial charge in [-0.25, -0.2) is 0 Å². The van der Waals surface area contributed by atoms with Gasteiger partial charge in [0.15, 0.2) is 0 Å². The van der Waals surface area contributed by atoms with Gasteiger partial charge in [-0.2, -0.15) is 0 Å². The van der Waals surface area contributed by atoms with E-state index in [2.05, 4.69) is 26.1 Å². The fraction of sp³-hybridized carbons (Fsp3) is 0.625. The summed E-state index contributed by atoms with van der Waals surface area (Å²) in [5, 5.41) is 4.66. The van der Waals surface area contributed by atoms with Gasteiger partial charge in [0.05, 0.1) is 17.2 Å². The van der Waals surface area contributed by atoms with E-state index >= 15 is 0 Å². The van der Waals surface area contributed by atoms with E-state index in [0.717, 1.165) is 19.4 Å². The second-order valence-electron chi connectivity index (χ2n) is 6.47. The van der Waals surface area contributed by atoms with E-state index in [0.29, 0.717) is 22.4 Å². The molecule has 118 valence electrons. The summed E-state index contributed by atoms with van der Waals surface area (Å²) in [5.41, 5.74) is 0.117. The summed E-state index contributed by atoms with van der Waals surface area (Å²) < 4.78 is 11.7. The molecule has 1 heterocycles. The van der Waals surface area contributed by atoms with Crippen molar-refractivity contribution < 1.29 is 9.47 Å². The fourth-order valence-corrected chi connectivity index (χ4v) is 2.58. The van der Waals surface area contributed by atoms with Gasteiger partial charge in [0.25, 0.3) is 0 Å². The molecule has 2 atom stereocenters. The minimum Gasteiger partial charge on any atom is -0.489 e. The normalized spacial score (nSPS) is 22.5. The molecule has 3 nitrogen and oxygen atoms in total. The van der Waals surface area contributed by atoms with Gasteiger partial charge in [0.1, 0.15) is 12.4 Å². The molecule has 0 amide bonds. The van der Waals surface area contributed by atoms with Crippen molar-refractivity contribution in [1.82, 2.24) is 5.32 Å². The van der Waals surface area contributed by atoms with Crippen molar-refractivity contribution >= 4 is 23.2 Å². The van der Waals surface area contributed by atoms with Crippen molar-refractivity contribution in [3.05, 3.63) is 28.2 Å². The minimum absolute atomic E-state index is 0.117. The molecule has 1 aliphatic heterocycles. The van der Waals surface area contributed by atoms with Gasteiger partial charge in [0, 0.05) is 23.2 Å². The van der Waals surface area contributed by atoms with Crippen LogP contribution in [0.3, 0.4) is 0 Å². The smallest absolute Gasteiger partial charge is 0.139 e. The van der Waals surface area contributed by atoms with Crippen LogP contribution in [0, 0.1) is 0 Å². The average Bonchev–Trinajstić information content (AvgIpc) is 2.85. The highest BCUT2D eigenvalue weighted by atomic mass is 35.5. The maximum absolute atomic E-state index is 6.08. The van der Waals surface area contributed by atoms with Crippen LogP contribution >= 0.6 is 23.2 Å². The molecule has 1 aliphatic rings. The fourth-order valence-electron chi connectivity index (χ4n) is 2.24. The first kappa shape index (κ1) is 16.9. The molecule has 1 N–H and O–H groups in total. The summed E-state index contributed by atoms with van der Waals surface area (Å²) in [7, 11) is 0. The third-order valence-electron chi connectivity index (χ3n) is 3.37. The van der Waals surface area contributed by atoms with Crippen LogP contribution in [0.2, 0.25) is 10.0 Å². The van der Waals surface area contributed by atoms with Gasteiger partial charge >= 0.3 is 0 Å². The highest BCUT2D eigenvalue weighted by Crippen LogP contribution is 2.29. The quantitative estimate of drug-likeness (QED) is 0.872. The van der Waals surface area contributed by atoms with Crippen LogP contribution in [-0.4, -0.2) is 30.9 Å². The maximum atomic E-state index is 6.08. The van der Waals surface area contributed by atoms with E-state index < -0.39 is 0 Å². The Kier molecular flexibility index (Phi) is 5.78. The van der Waals surface area contributed by atoms with E-state index in [1.54, 1.807) is 18.2 Å². The summed E-state index contributed by atoms with van der Waals surface area (Å²) in [5.74, 6) is 0.615. The number of nitrogens with one attached hydrogen (secondary N) is 1. The van der Waals surface area contributed by atoms with Crippen molar-refractivity contribution in [3.8, 4) is 5.75 Å². The van der Waals surface area contributed by atoms with Crippen LogP contribution in [0.5, 0.6) is 5.75 Å². The number of hydrogen-bond acceptors (Lipinski definition) is 3. The zero-order valence-electron chi connectivity index (χ0n) is 12.8. The van der Waals surface area contributed by atoms with Crippen LogP contribution < -0.4 is 10.1 Å². The molecule has 0 saturated carbocycles. The van der Waals surface area contributed by atoms with Crippen LogP contribution in [0.25, 0.3) is 0 Å². The molecule has 0 radical (unpaired) electrons. The zero-order chi connectivity index (χ0) is 15.5. The number of ether oxygens (including phenoxy) is 2. The van der Waals surface area contributed by atoms with Gasteiger partial charge < -0.3 is 14.8 Å². The molecule has 1 saturated heterocycles. The first-order valence-electron chi connectivity index (χ1n) is 7.32. The molecule has 0 aliphatic carbocycles.